The summed E-state index contributed by atoms with van der Waals surface area (Å²) in [7, 11) is 0. The molecule has 0 aromatic heterocycles. The number of fused-ring (bicyclic) bond motifs is 1. The predicted octanol–water partition coefficient (Wildman–Crippen LogP) is 2.29. The van der Waals surface area contributed by atoms with Gasteiger partial charge in [-0.1, -0.05) is 50.8 Å². The van der Waals surface area contributed by atoms with E-state index in [1.165, 1.54) is 16.0 Å². The van der Waals surface area contributed by atoms with Crippen LogP contribution in [0.15, 0.2) is 48.7 Å². The summed E-state index contributed by atoms with van der Waals surface area (Å²) >= 11 is 0. The Bertz CT molecular complexity index is 506. The molecular formula is C15H19N. The van der Waals surface area contributed by atoms with Gasteiger partial charge in [-0.15, -0.1) is 0 Å². The maximum atomic E-state index is 3.69. The van der Waals surface area contributed by atoms with Crippen LogP contribution >= 0.6 is 0 Å². The minimum atomic E-state index is 1.15. The first-order valence-corrected chi connectivity index (χ1v) is 5.72. The quantitative estimate of drug-likeness (QED) is 0.795. The lowest BCUT2D eigenvalue weighted by Crippen LogP contribution is -2.25. The zero-order valence-electron chi connectivity index (χ0n) is 10.2. The Hall–Kier alpha value is -1.76. The van der Waals surface area contributed by atoms with Gasteiger partial charge >= 0.3 is 0 Å². The molecule has 1 nitrogen and oxygen atoms in total. The molecule has 0 saturated carbocycles. The van der Waals surface area contributed by atoms with Crippen molar-refractivity contribution in [3.8, 4) is 0 Å². The molecule has 2 rings (SSSR count). The van der Waals surface area contributed by atoms with E-state index in [9.17, 15) is 0 Å². The first kappa shape index (κ1) is 12.3. The highest BCUT2D eigenvalue weighted by Gasteiger charge is 2.07. The van der Waals surface area contributed by atoms with E-state index in [4.69, 9.17) is 0 Å². The number of allylic oxidation sites excluding steroid dienone is 1. The highest BCUT2D eigenvalue weighted by molar-refractivity contribution is 5.80. The second-order valence-corrected chi connectivity index (χ2v) is 3.20. The van der Waals surface area contributed by atoms with E-state index in [-0.39, 0.29) is 0 Å². The van der Waals surface area contributed by atoms with Crippen molar-refractivity contribution in [2.45, 2.75) is 20.8 Å². The molecule has 0 bridgehead atoms. The molecule has 0 aliphatic heterocycles. The van der Waals surface area contributed by atoms with Gasteiger partial charge in [-0.3, -0.25) is 0 Å². The summed E-state index contributed by atoms with van der Waals surface area (Å²) in [5.74, 6) is 0. The van der Waals surface area contributed by atoms with Crippen LogP contribution in [0, 0.1) is 0 Å². The number of hydrogen-bond donors (Lipinski definition) is 1. The largest absolute Gasteiger partial charge is 0.361 e. The summed E-state index contributed by atoms with van der Waals surface area (Å²) in [6.45, 7) is 9.74. The van der Waals surface area contributed by atoms with Gasteiger partial charge in [0.2, 0.25) is 0 Å². The summed E-state index contributed by atoms with van der Waals surface area (Å²) in [4.78, 5) is 0. The van der Waals surface area contributed by atoms with Crippen LogP contribution < -0.4 is 15.8 Å². The van der Waals surface area contributed by atoms with Gasteiger partial charge in [0.15, 0.2) is 0 Å². The number of nitrogens with one attached hydrogen (secondary N) is 1. The molecule has 0 spiro atoms. The van der Waals surface area contributed by atoms with Crippen molar-refractivity contribution < 1.29 is 0 Å². The molecule has 1 heteroatoms. The molecule has 0 unspecified atom stereocenters. The summed E-state index contributed by atoms with van der Waals surface area (Å²) in [5.41, 5.74) is 2.38. The number of rotatable bonds is 2. The zero-order valence-corrected chi connectivity index (χ0v) is 10.2. The molecule has 0 radical (unpaired) electrons. The average molecular weight is 213 g/mol. The van der Waals surface area contributed by atoms with Gasteiger partial charge in [-0.05, 0) is 30.0 Å². The standard InChI is InChI=1S/C13H13N.C2H6/c1-3-10-9-11-7-5-6-8-12(11)13(10)14-4-2;1-2/h3-9,14H,2H2,1H3;1-2H3/b10-3-;. The fourth-order valence-electron chi connectivity index (χ4n) is 1.74. The van der Waals surface area contributed by atoms with E-state index in [1.807, 2.05) is 20.8 Å². The first-order chi connectivity index (χ1) is 7.86. The summed E-state index contributed by atoms with van der Waals surface area (Å²) < 4.78 is 0. The van der Waals surface area contributed by atoms with Crippen LogP contribution in [0.1, 0.15) is 20.8 Å². The Morgan fingerprint density at radius 3 is 2.50 bits per heavy atom. The van der Waals surface area contributed by atoms with Crippen molar-refractivity contribution in [1.82, 2.24) is 5.32 Å². The monoisotopic (exact) mass is 213 g/mol. The van der Waals surface area contributed by atoms with E-state index in [2.05, 4.69) is 48.3 Å². The van der Waals surface area contributed by atoms with E-state index < -0.39 is 0 Å². The van der Waals surface area contributed by atoms with Crippen molar-refractivity contribution in [3.63, 3.8) is 0 Å². The molecule has 84 valence electrons. The molecule has 1 aromatic carbocycles. The molecule has 0 atom stereocenters. The molecule has 0 saturated heterocycles. The second-order valence-electron chi connectivity index (χ2n) is 3.20. The van der Waals surface area contributed by atoms with Gasteiger partial charge in [0, 0.05) is 5.22 Å². The van der Waals surface area contributed by atoms with Crippen LogP contribution in [0.5, 0.6) is 0 Å². The Kier molecular flexibility index (Phi) is 4.59. The Labute approximate surface area is 97.5 Å². The number of benzene rings is 1. The molecule has 1 N–H and O–H groups in total. The van der Waals surface area contributed by atoms with Gasteiger partial charge in [0.05, 0.1) is 5.70 Å². The molecule has 16 heavy (non-hydrogen) atoms. The summed E-state index contributed by atoms with van der Waals surface area (Å²) in [5, 5.41) is 5.70. The minimum Gasteiger partial charge on any atom is -0.361 e. The SMILES string of the molecule is C=CNC1=c2ccccc2=C/C1=C/C.CC. The van der Waals surface area contributed by atoms with E-state index >= 15 is 0 Å². The molecule has 1 aromatic rings. The van der Waals surface area contributed by atoms with Gasteiger partial charge in [0.25, 0.3) is 0 Å². The Balaban J connectivity index is 0.000000606. The topological polar surface area (TPSA) is 12.0 Å². The Morgan fingerprint density at radius 2 is 1.88 bits per heavy atom. The Morgan fingerprint density at radius 1 is 1.19 bits per heavy atom. The van der Waals surface area contributed by atoms with Crippen molar-refractivity contribution >= 4 is 11.8 Å². The van der Waals surface area contributed by atoms with Crippen molar-refractivity contribution in [1.29, 1.82) is 0 Å². The van der Waals surface area contributed by atoms with Gasteiger partial charge < -0.3 is 5.32 Å². The van der Waals surface area contributed by atoms with E-state index in [1.54, 1.807) is 6.20 Å². The lowest BCUT2D eigenvalue weighted by Gasteiger charge is -2.03. The first-order valence-electron chi connectivity index (χ1n) is 5.72. The third kappa shape index (κ3) is 2.25. The molecule has 1 aliphatic rings. The maximum absolute atomic E-state index is 3.69. The third-order valence-electron chi connectivity index (χ3n) is 2.39. The van der Waals surface area contributed by atoms with E-state index in [0.717, 1.165) is 5.70 Å². The highest BCUT2D eigenvalue weighted by atomic mass is 14.9. The average Bonchev–Trinajstić information content (AvgIpc) is 2.71. The maximum Gasteiger partial charge on any atom is 0.0529 e. The molecular weight excluding hydrogens is 194 g/mol. The van der Waals surface area contributed by atoms with Crippen LogP contribution in [0.25, 0.3) is 11.8 Å². The fourth-order valence-corrected chi connectivity index (χ4v) is 1.74. The van der Waals surface area contributed by atoms with Crippen LogP contribution in [0.3, 0.4) is 0 Å². The lowest BCUT2D eigenvalue weighted by atomic mass is 10.2. The molecule has 1 aliphatic carbocycles. The summed E-state index contributed by atoms with van der Waals surface area (Å²) in [6, 6.07) is 8.35. The van der Waals surface area contributed by atoms with Crippen LogP contribution in [-0.4, -0.2) is 0 Å². The van der Waals surface area contributed by atoms with Gasteiger partial charge in [0.1, 0.15) is 0 Å². The van der Waals surface area contributed by atoms with Crippen LogP contribution in [-0.2, 0) is 0 Å². The fraction of sp³-hybridized carbons (Fsp3) is 0.200. The third-order valence-corrected chi connectivity index (χ3v) is 2.39. The smallest absolute Gasteiger partial charge is 0.0529 e. The molecule has 0 fully saturated rings. The second kappa shape index (κ2) is 5.96. The predicted molar refractivity (Wildman–Crippen MR) is 72.0 cm³/mol. The number of hydrogen-bond acceptors (Lipinski definition) is 1. The van der Waals surface area contributed by atoms with Gasteiger partial charge in [-0.2, -0.15) is 0 Å². The molecule has 0 amide bonds. The zero-order chi connectivity index (χ0) is 12.0. The van der Waals surface area contributed by atoms with Crippen LogP contribution in [0.4, 0.5) is 0 Å². The van der Waals surface area contributed by atoms with Crippen molar-refractivity contribution in [3.05, 3.63) is 59.1 Å². The van der Waals surface area contributed by atoms with Crippen LogP contribution in [0.2, 0.25) is 0 Å². The highest BCUT2D eigenvalue weighted by Crippen LogP contribution is 2.10. The van der Waals surface area contributed by atoms with Crippen molar-refractivity contribution in [2.24, 2.45) is 0 Å². The summed E-state index contributed by atoms with van der Waals surface area (Å²) in [6.07, 6.45) is 6.00. The van der Waals surface area contributed by atoms with Gasteiger partial charge in [-0.25, -0.2) is 0 Å². The minimum absolute atomic E-state index is 1.15. The van der Waals surface area contributed by atoms with Crippen molar-refractivity contribution in [2.75, 3.05) is 0 Å². The molecule has 0 heterocycles. The lowest BCUT2D eigenvalue weighted by molar-refractivity contribution is 1.21. The normalized spacial score (nSPS) is 14.7. The van der Waals surface area contributed by atoms with E-state index in [0.29, 0.717) is 0 Å².